The lowest BCUT2D eigenvalue weighted by molar-refractivity contribution is -0.118. The Morgan fingerprint density at radius 2 is 2.08 bits per heavy atom. The Labute approximate surface area is 153 Å². The first kappa shape index (κ1) is 16.4. The van der Waals surface area contributed by atoms with Crippen LogP contribution in [-0.2, 0) is 11.8 Å². The minimum absolute atomic E-state index is 0.180. The number of aryl methyl sites for hydroxylation is 1. The van der Waals surface area contributed by atoms with Crippen molar-refractivity contribution in [1.82, 2.24) is 15.0 Å². The number of thioether (sulfide) groups is 1. The molecular weight excluding hydrogens is 348 g/mol. The number of aromatic nitrogens is 2. The van der Waals surface area contributed by atoms with E-state index in [4.69, 9.17) is 4.42 Å². The maximum atomic E-state index is 12.0. The van der Waals surface area contributed by atoms with Crippen molar-refractivity contribution in [3.63, 3.8) is 0 Å². The van der Waals surface area contributed by atoms with Gasteiger partial charge in [0, 0.05) is 29.7 Å². The van der Waals surface area contributed by atoms with Crippen molar-refractivity contribution in [2.24, 2.45) is 12.1 Å². The third-order valence-corrected chi connectivity index (χ3v) is 4.75. The SMILES string of the molecule is Cn1cc(/C=N/NC(=O)CSc2nc3ccccc3o2)c2ccccc21. The molecule has 0 aliphatic rings. The van der Waals surface area contributed by atoms with Gasteiger partial charge in [-0.15, -0.1) is 0 Å². The molecule has 0 spiro atoms. The summed E-state index contributed by atoms with van der Waals surface area (Å²) in [6, 6.07) is 15.6. The molecule has 0 radical (unpaired) electrons. The topological polar surface area (TPSA) is 72.4 Å². The number of fused-ring (bicyclic) bond motifs is 2. The molecule has 26 heavy (non-hydrogen) atoms. The molecule has 0 bridgehead atoms. The third-order valence-electron chi connectivity index (χ3n) is 3.92. The van der Waals surface area contributed by atoms with Gasteiger partial charge in [-0.2, -0.15) is 5.10 Å². The Balaban J connectivity index is 1.36. The van der Waals surface area contributed by atoms with Crippen LogP contribution in [0.2, 0.25) is 0 Å². The summed E-state index contributed by atoms with van der Waals surface area (Å²) in [7, 11) is 1.98. The van der Waals surface area contributed by atoms with Crippen LogP contribution in [0, 0.1) is 0 Å². The van der Waals surface area contributed by atoms with Crippen LogP contribution in [0.4, 0.5) is 0 Å². The van der Waals surface area contributed by atoms with E-state index in [2.05, 4.69) is 15.5 Å². The van der Waals surface area contributed by atoms with Crippen molar-refractivity contribution in [2.75, 3.05) is 5.75 Å². The van der Waals surface area contributed by atoms with Crippen LogP contribution < -0.4 is 5.43 Å². The van der Waals surface area contributed by atoms with Gasteiger partial charge in [-0.1, -0.05) is 42.1 Å². The van der Waals surface area contributed by atoms with E-state index in [0.29, 0.717) is 10.8 Å². The second kappa shape index (κ2) is 7.05. The molecule has 4 rings (SSSR count). The van der Waals surface area contributed by atoms with Crippen molar-refractivity contribution in [1.29, 1.82) is 0 Å². The first-order chi connectivity index (χ1) is 12.7. The molecule has 0 fully saturated rings. The molecule has 7 heteroatoms. The van der Waals surface area contributed by atoms with Gasteiger partial charge < -0.3 is 8.98 Å². The summed E-state index contributed by atoms with van der Waals surface area (Å²) in [5.41, 5.74) is 6.11. The van der Waals surface area contributed by atoms with E-state index in [0.717, 1.165) is 22.0 Å². The van der Waals surface area contributed by atoms with E-state index in [-0.39, 0.29) is 11.7 Å². The number of nitrogens with zero attached hydrogens (tertiary/aromatic N) is 3. The van der Waals surface area contributed by atoms with Crippen LogP contribution in [-0.4, -0.2) is 27.4 Å². The maximum Gasteiger partial charge on any atom is 0.257 e. The smallest absolute Gasteiger partial charge is 0.257 e. The molecule has 1 N–H and O–H groups in total. The van der Waals surface area contributed by atoms with Crippen molar-refractivity contribution in [3.05, 3.63) is 60.3 Å². The van der Waals surface area contributed by atoms with Gasteiger partial charge in [0.2, 0.25) is 0 Å². The number of carbonyl (C=O) groups excluding carboxylic acids is 1. The van der Waals surface area contributed by atoms with E-state index < -0.39 is 0 Å². The zero-order valence-electron chi connectivity index (χ0n) is 14.0. The van der Waals surface area contributed by atoms with E-state index in [1.54, 1.807) is 6.21 Å². The summed E-state index contributed by atoms with van der Waals surface area (Å²) in [6.45, 7) is 0. The van der Waals surface area contributed by atoms with Crippen LogP contribution in [0.1, 0.15) is 5.56 Å². The van der Waals surface area contributed by atoms with E-state index in [1.807, 2.05) is 66.3 Å². The number of nitrogens with one attached hydrogen (secondary N) is 1. The molecular formula is C19H16N4O2S. The fraction of sp³-hybridized carbons (Fsp3) is 0.105. The molecule has 4 aromatic rings. The number of carbonyl (C=O) groups is 1. The summed E-state index contributed by atoms with van der Waals surface area (Å²) in [5.74, 6) is -0.0339. The first-order valence-electron chi connectivity index (χ1n) is 8.05. The molecule has 2 aromatic carbocycles. The first-order valence-corrected chi connectivity index (χ1v) is 9.03. The van der Waals surface area contributed by atoms with E-state index >= 15 is 0 Å². The van der Waals surface area contributed by atoms with Crippen molar-refractivity contribution in [2.45, 2.75) is 5.22 Å². The average Bonchev–Trinajstić information content (AvgIpc) is 3.21. The molecule has 0 saturated carbocycles. The fourth-order valence-electron chi connectivity index (χ4n) is 2.72. The summed E-state index contributed by atoms with van der Waals surface area (Å²) >= 11 is 1.24. The highest BCUT2D eigenvalue weighted by Crippen LogP contribution is 2.23. The monoisotopic (exact) mass is 364 g/mol. The molecule has 0 atom stereocenters. The lowest BCUT2D eigenvalue weighted by Crippen LogP contribution is -2.19. The van der Waals surface area contributed by atoms with Gasteiger partial charge in [0.15, 0.2) is 5.58 Å². The zero-order valence-corrected chi connectivity index (χ0v) is 14.9. The van der Waals surface area contributed by atoms with Gasteiger partial charge >= 0.3 is 0 Å². The van der Waals surface area contributed by atoms with Gasteiger partial charge in [0.05, 0.1) is 12.0 Å². The summed E-state index contributed by atoms with van der Waals surface area (Å²) in [4.78, 5) is 16.3. The number of hydrogen-bond donors (Lipinski definition) is 1. The highest BCUT2D eigenvalue weighted by atomic mass is 32.2. The normalized spacial score (nSPS) is 11.6. The van der Waals surface area contributed by atoms with Crippen molar-refractivity contribution >= 4 is 45.9 Å². The largest absolute Gasteiger partial charge is 0.431 e. The van der Waals surface area contributed by atoms with Crippen LogP contribution in [0.5, 0.6) is 0 Å². The van der Waals surface area contributed by atoms with Crippen LogP contribution in [0.3, 0.4) is 0 Å². The Bertz CT molecular complexity index is 1080. The van der Waals surface area contributed by atoms with Gasteiger partial charge in [0.25, 0.3) is 11.1 Å². The number of hydrazone groups is 1. The lowest BCUT2D eigenvalue weighted by Gasteiger charge is -1.97. The number of para-hydroxylation sites is 3. The highest BCUT2D eigenvalue weighted by Gasteiger charge is 2.09. The quantitative estimate of drug-likeness (QED) is 0.334. The van der Waals surface area contributed by atoms with Crippen molar-refractivity contribution in [3.8, 4) is 0 Å². The average molecular weight is 364 g/mol. The van der Waals surface area contributed by atoms with Crippen LogP contribution >= 0.6 is 11.8 Å². The minimum atomic E-state index is -0.214. The molecule has 130 valence electrons. The number of oxazole rings is 1. The van der Waals surface area contributed by atoms with Gasteiger partial charge in [-0.05, 0) is 18.2 Å². The minimum Gasteiger partial charge on any atom is -0.431 e. The van der Waals surface area contributed by atoms with E-state index in [9.17, 15) is 4.79 Å². The predicted molar refractivity (Wildman–Crippen MR) is 103 cm³/mol. The highest BCUT2D eigenvalue weighted by molar-refractivity contribution is 7.99. The summed E-state index contributed by atoms with van der Waals surface area (Å²) < 4.78 is 7.60. The number of hydrogen-bond acceptors (Lipinski definition) is 5. The standard InChI is InChI=1S/C19H16N4O2S/c1-23-11-13(14-6-2-4-8-16(14)23)10-20-22-18(24)12-26-19-21-15-7-3-5-9-17(15)25-19/h2-11H,12H2,1H3,(H,22,24)/b20-10+. The van der Waals surface area contributed by atoms with Crippen LogP contribution in [0.25, 0.3) is 22.0 Å². The number of amides is 1. The second-order valence-corrected chi connectivity index (χ2v) is 6.67. The second-order valence-electron chi connectivity index (χ2n) is 5.74. The summed E-state index contributed by atoms with van der Waals surface area (Å²) in [6.07, 6.45) is 3.64. The molecule has 1 amide bonds. The Hall–Kier alpha value is -3.06. The molecule has 0 aliphatic carbocycles. The molecule has 2 aromatic heterocycles. The van der Waals surface area contributed by atoms with Gasteiger partial charge in [-0.25, -0.2) is 10.4 Å². The molecule has 6 nitrogen and oxygen atoms in total. The molecule has 2 heterocycles. The summed E-state index contributed by atoms with van der Waals surface area (Å²) in [5, 5.41) is 5.62. The van der Waals surface area contributed by atoms with E-state index in [1.165, 1.54) is 11.8 Å². The predicted octanol–water partition coefficient (Wildman–Crippen LogP) is 3.56. The molecule has 0 aliphatic heterocycles. The third kappa shape index (κ3) is 3.34. The van der Waals surface area contributed by atoms with Gasteiger partial charge in [-0.3, -0.25) is 4.79 Å². The Morgan fingerprint density at radius 3 is 2.96 bits per heavy atom. The lowest BCUT2D eigenvalue weighted by atomic mass is 10.2. The maximum absolute atomic E-state index is 12.0. The molecule has 0 unspecified atom stereocenters. The van der Waals surface area contributed by atoms with Crippen molar-refractivity contribution < 1.29 is 9.21 Å². The molecule has 0 saturated heterocycles. The Morgan fingerprint density at radius 1 is 1.27 bits per heavy atom. The van der Waals surface area contributed by atoms with Gasteiger partial charge in [0.1, 0.15) is 5.52 Å². The Kier molecular flexibility index (Phi) is 4.45. The van der Waals surface area contributed by atoms with Crippen LogP contribution in [0.15, 0.2) is 69.5 Å². The number of benzene rings is 2. The zero-order chi connectivity index (χ0) is 17.9. The fourth-order valence-corrected chi connectivity index (χ4v) is 3.35. The number of rotatable bonds is 5.